The first-order valence-electron chi connectivity index (χ1n) is 8.47. The van der Waals surface area contributed by atoms with Crippen molar-refractivity contribution in [2.24, 2.45) is 0 Å². The Labute approximate surface area is 167 Å². The van der Waals surface area contributed by atoms with Gasteiger partial charge in [0.1, 0.15) is 5.75 Å². The number of rotatable bonds is 7. The summed E-state index contributed by atoms with van der Waals surface area (Å²) in [5.74, 6) is 0.860. The molecular weight excluding hydrogens is 384 g/mol. The average molecular weight is 403 g/mol. The van der Waals surface area contributed by atoms with E-state index in [-0.39, 0.29) is 19.1 Å². The fourth-order valence-corrected chi connectivity index (χ4v) is 3.13. The van der Waals surface area contributed by atoms with E-state index in [9.17, 15) is 4.79 Å². The largest absolute Gasteiger partial charge is 0.482 e. The SMILES string of the molecule is CCn1c(CNC(=O)COc2ccc(-c3ccccc3)cc2Cl)n[nH]c1=S. The molecule has 0 atom stereocenters. The summed E-state index contributed by atoms with van der Waals surface area (Å²) in [5.41, 5.74) is 2.05. The Balaban J connectivity index is 1.56. The number of nitrogens with one attached hydrogen (secondary N) is 2. The van der Waals surface area contributed by atoms with Crippen LogP contribution < -0.4 is 10.1 Å². The number of carbonyl (C=O) groups is 1. The zero-order valence-electron chi connectivity index (χ0n) is 14.7. The smallest absolute Gasteiger partial charge is 0.258 e. The molecule has 0 saturated carbocycles. The molecule has 1 aromatic heterocycles. The number of nitrogens with zero attached hydrogens (tertiary/aromatic N) is 2. The summed E-state index contributed by atoms with van der Waals surface area (Å²) in [6, 6.07) is 15.4. The monoisotopic (exact) mass is 402 g/mol. The van der Waals surface area contributed by atoms with Crippen LogP contribution >= 0.6 is 23.8 Å². The van der Waals surface area contributed by atoms with Gasteiger partial charge in [-0.25, -0.2) is 0 Å². The molecule has 6 nitrogen and oxygen atoms in total. The van der Waals surface area contributed by atoms with Crippen LogP contribution in [0.25, 0.3) is 11.1 Å². The molecular formula is C19H19ClN4O2S. The summed E-state index contributed by atoms with van der Waals surface area (Å²) in [7, 11) is 0. The number of carbonyl (C=O) groups excluding carboxylic acids is 1. The number of ether oxygens (including phenoxy) is 1. The van der Waals surface area contributed by atoms with Crippen molar-refractivity contribution in [1.29, 1.82) is 0 Å². The van der Waals surface area contributed by atoms with Crippen LogP contribution in [-0.2, 0) is 17.9 Å². The zero-order chi connectivity index (χ0) is 19.2. The van der Waals surface area contributed by atoms with Gasteiger partial charge in [-0.1, -0.05) is 48.0 Å². The lowest BCUT2D eigenvalue weighted by atomic mass is 10.1. The Morgan fingerprint density at radius 2 is 2.04 bits per heavy atom. The molecule has 0 radical (unpaired) electrons. The van der Waals surface area contributed by atoms with Gasteiger partial charge in [0.2, 0.25) is 0 Å². The molecule has 2 aromatic carbocycles. The van der Waals surface area contributed by atoms with Crippen LogP contribution in [-0.4, -0.2) is 27.3 Å². The van der Waals surface area contributed by atoms with Crippen LogP contribution in [0.1, 0.15) is 12.7 Å². The van der Waals surface area contributed by atoms with Crippen molar-refractivity contribution in [3.05, 3.63) is 64.1 Å². The molecule has 3 aromatic rings. The molecule has 3 rings (SSSR count). The van der Waals surface area contributed by atoms with Crippen molar-refractivity contribution in [3.8, 4) is 16.9 Å². The summed E-state index contributed by atoms with van der Waals surface area (Å²) in [5, 5.41) is 10.0. The van der Waals surface area contributed by atoms with Gasteiger partial charge in [-0.3, -0.25) is 9.89 Å². The van der Waals surface area contributed by atoms with Crippen molar-refractivity contribution in [2.75, 3.05) is 6.61 Å². The van der Waals surface area contributed by atoms with Crippen molar-refractivity contribution in [1.82, 2.24) is 20.1 Å². The highest BCUT2D eigenvalue weighted by molar-refractivity contribution is 7.71. The highest BCUT2D eigenvalue weighted by Gasteiger charge is 2.10. The summed E-state index contributed by atoms with van der Waals surface area (Å²) in [4.78, 5) is 12.0. The second-order valence-corrected chi connectivity index (χ2v) is 6.56. The molecule has 0 aliphatic carbocycles. The van der Waals surface area contributed by atoms with Gasteiger partial charge in [0.05, 0.1) is 11.6 Å². The van der Waals surface area contributed by atoms with Crippen LogP contribution in [0, 0.1) is 4.77 Å². The highest BCUT2D eigenvalue weighted by Crippen LogP contribution is 2.30. The molecule has 140 valence electrons. The van der Waals surface area contributed by atoms with E-state index in [1.54, 1.807) is 6.07 Å². The first kappa shape index (κ1) is 19.1. The molecule has 1 amide bonds. The molecule has 0 spiro atoms. The normalized spacial score (nSPS) is 10.6. The van der Waals surface area contributed by atoms with Gasteiger partial charge in [0.15, 0.2) is 17.2 Å². The minimum atomic E-state index is -0.269. The van der Waals surface area contributed by atoms with Gasteiger partial charge in [-0.2, -0.15) is 5.10 Å². The van der Waals surface area contributed by atoms with Crippen LogP contribution in [0.3, 0.4) is 0 Å². The molecule has 8 heteroatoms. The van der Waals surface area contributed by atoms with E-state index in [0.717, 1.165) is 11.1 Å². The van der Waals surface area contributed by atoms with Crippen LogP contribution in [0.2, 0.25) is 5.02 Å². The number of amides is 1. The third-order valence-corrected chi connectivity index (χ3v) is 4.60. The van der Waals surface area contributed by atoms with Crippen molar-refractivity contribution in [2.45, 2.75) is 20.0 Å². The minimum Gasteiger partial charge on any atom is -0.482 e. The maximum Gasteiger partial charge on any atom is 0.258 e. The highest BCUT2D eigenvalue weighted by atomic mass is 35.5. The van der Waals surface area contributed by atoms with Gasteiger partial charge in [0, 0.05) is 6.54 Å². The lowest BCUT2D eigenvalue weighted by Gasteiger charge is -2.10. The molecule has 1 heterocycles. The van der Waals surface area contributed by atoms with E-state index >= 15 is 0 Å². The topological polar surface area (TPSA) is 71.9 Å². The van der Waals surface area contributed by atoms with E-state index in [4.69, 9.17) is 28.6 Å². The van der Waals surface area contributed by atoms with Crippen molar-refractivity contribution < 1.29 is 9.53 Å². The quantitative estimate of drug-likeness (QED) is 0.586. The van der Waals surface area contributed by atoms with Crippen molar-refractivity contribution >= 4 is 29.7 Å². The van der Waals surface area contributed by atoms with E-state index in [2.05, 4.69) is 15.5 Å². The predicted octanol–water partition coefficient (Wildman–Crippen LogP) is 3.98. The number of aromatic amines is 1. The fraction of sp³-hybridized carbons (Fsp3) is 0.211. The fourth-order valence-electron chi connectivity index (χ4n) is 2.61. The summed E-state index contributed by atoms with van der Waals surface area (Å²) >= 11 is 11.4. The molecule has 0 aliphatic heterocycles. The second-order valence-electron chi connectivity index (χ2n) is 5.77. The van der Waals surface area contributed by atoms with E-state index in [0.29, 0.717) is 27.9 Å². The van der Waals surface area contributed by atoms with Crippen LogP contribution in [0.5, 0.6) is 5.75 Å². The van der Waals surface area contributed by atoms with Gasteiger partial charge < -0.3 is 14.6 Å². The summed E-state index contributed by atoms with van der Waals surface area (Å²) in [6.45, 7) is 2.77. The average Bonchev–Trinajstić information content (AvgIpc) is 3.05. The van der Waals surface area contributed by atoms with Gasteiger partial charge in [-0.05, 0) is 42.4 Å². The Morgan fingerprint density at radius 1 is 1.26 bits per heavy atom. The van der Waals surface area contributed by atoms with Crippen molar-refractivity contribution in [3.63, 3.8) is 0 Å². The number of halogens is 1. The Kier molecular flexibility index (Phi) is 6.26. The number of hydrogen-bond donors (Lipinski definition) is 2. The first-order valence-corrected chi connectivity index (χ1v) is 9.25. The van der Waals surface area contributed by atoms with E-state index in [1.165, 1.54) is 0 Å². The maximum atomic E-state index is 12.0. The number of aromatic nitrogens is 3. The van der Waals surface area contributed by atoms with Gasteiger partial charge in [-0.15, -0.1) is 0 Å². The lowest BCUT2D eigenvalue weighted by molar-refractivity contribution is -0.123. The second kappa shape index (κ2) is 8.83. The number of benzene rings is 2. The number of H-pyrrole nitrogens is 1. The Hall–Kier alpha value is -2.64. The predicted molar refractivity (Wildman–Crippen MR) is 107 cm³/mol. The molecule has 0 saturated heterocycles. The van der Waals surface area contributed by atoms with E-state index < -0.39 is 0 Å². The van der Waals surface area contributed by atoms with E-state index in [1.807, 2.05) is 54.0 Å². The molecule has 0 bridgehead atoms. The molecule has 0 fully saturated rings. The Morgan fingerprint density at radius 3 is 2.74 bits per heavy atom. The molecule has 0 unspecified atom stereocenters. The van der Waals surface area contributed by atoms with Crippen LogP contribution in [0.4, 0.5) is 0 Å². The van der Waals surface area contributed by atoms with Gasteiger partial charge in [0.25, 0.3) is 5.91 Å². The minimum absolute atomic E-state index is 0.137. The molecule has 0 aliphatic rings. The summed E-state index contributed by atoms with van der Waals surface area (Å²) < 4.78 is 7.89. The lowest BCUT2D eigenvalue weighted by Crippen LogP contribution is -2.29. The number of hydrogen-bond acceptors (Lipinski definition) is 4. The molecule has 27 heavy (non-hydrogen) atoms. The van der Waals surface area contributed by atoms with Gasteiger partial charge >= 0.3 is 0 Å². The standard InChI is InChI=1S/C19H19ClN4O2S/c1-2-24-17(22-23-19(24)27)11-21-18(25)12-26-16-9-8-14(10-15(16)20)13-6-4-3-5-7-13/h3-10H,2,11-12H2,1H3,(H,21,25)(H,23,27). The Bertz CT molecular complexity index is 985. The maximum absolute atomic E-state index is 12.0. The first-order chi connectivity index (χ1) is 13.1. The van der Waals surface area contributed by atoms with Crippen LogP contribution in [0.15, 0.2) is 48.5 Å². The zero-order valence-corrected chi connectivity index (χ0v) is 16.3. The third kappa shape index (κ3) is 4.75. The summed E-state index contributed by atoms with van der Waals surface area (Å²) in [6.07, 6.45) is 0. The third-order valence-electron chi connectivity index (χ3n) is 3.99. The molecule has 2 N–H and O–H groups in total.